The van der Waals surface area contributed by atoms with Gasteiger partial charge in [-0.15, -0.1) is 12.4 Å². The van der Waals surface area contributed by atoms with E-state index < -0.39 is 0 Å². The molecule has 0 aliphatic carbocycles. The van der Waals surface area contributed by atoms with Gasteiger partial charge in [0, 0.05) is 16.8 Å². The largest absolute Gasteiger partial charge is 0.382 e. The van der Waals surface area contributed by atoms with Gasteiger partial charge >= 0.3 is 0 Å². The highest BCUT2D eigenvalue weighted by Crippen LogP contribution is 2.30. The van der Waals surface area contributed by atoms with Crippen molar-refractivity contribution in [2.75, 3.05) is 5.32 Å². The summed E-state index contributed by atoms with van der Waals surface area (Å²) >= 11 is 0. The number of aromatic nitrogens is 1. The maximum atomic E-state index is 4.71. The Morgan fingerprint density at radius 3 is 1.79 bits per heavy atom. The molecule has 1 N–H and O–H groups in total. The van der Waals surface area contributed by atoms with Crippen molar-refractivity contribution in [1.82, 2.24) is 4.98 Å². The van der Waals surface area contributed by atoms with Crippen molar-refractivity contribution in [3.8, 4) is 0 Å². The molecule has 3 rings (SSSR count). The molecule has 0 bridgehead atoms. The van der Waals surface area contributed by atoms with Gasteiger partial charge in [-0.3, -0.25) is 0 Å². The molecular formula is C16H17ClN2. The normalized spacial score (nSPS) is 10.7. The Kier molecular flexibility index (Phi) is 3.91. The fraction of sp³-hybridized carbons (Fsp3) is 0.188. The molecule has 0 radical (unpaired) electrons. The van der Waals surface area contributed by atoms with Gasteiger partial charge in [0.15, 0.2) is 0 Å². The van der Waals surface area contributed by atoms with E-state index in [0.29, 0.717) is 6.04 Å². The third-order valence-corrected chi connectivity index (χ3v) is 3.02. The minimum Gasteiger partial charge on any atom is -0.382 e. The van der Waals surface area contributed by atoms with Crippen LogP contribution in [0.2, 0.25) is 0 Å². The topological polar surface area (TPSA) is 24.9 Å². The van der Waals surface area contributed by atoms with Crippen LogP contribution in [-0.4, -0.2) is 11.0 Å². The van der Waals surface area contributed by atoms with Crippen LogP contribution in [0.1, 0.15) is 13.8 Å². The molecule has 0 aliphatic heterocycles. The van der Waals surface area contributed by atoms with E-state index in [4.69, 9.17) is 4.98 Å². The second-order valence-electron chi connectivity index (χ2n) is 4.82. The van der Waals surface area contributed by atoms with Crippen molar-refractivity contribution >= 4 is 39.9 Å². The van der Waals surface area contributed by atoms with Crippen LogP contribution in [0.15, 0.2) is 48.5 Å². The molecule has 2 aromatic carbocycles. The van der Waals surface area contributed by atoms with E-state index in [1.165, 1.54) is 16.5 Å². The Balaban J connectivity index is 0.00000133. The monoisotopic (exact) mass is 272 g/mol. The van der Waals surface area contributed by atoms with Crippen LogP contribution in [0.5, 0.6) is 0 Å². The molecule has 0 saturated carbocycles. The summed E-state index contributed by atoms with van der Waals surface area (Å²) in [7, 11) is 0. The summed E-state index contributed by atoms with van der Waals surface area (Å²) in [5.41, 5.74) is 3.27. The van der Waals surface area contributed by atoms with E-state index in [2.05, 4.69) is 55.6 Å². The molecule has 1 aromatic heterocycles. The first kappa shape index (κ1) is 13.6. The summed E-state index contributed by atoms with van der Waals surface area (Å²) in [4.78, 5) is 4.71. The third kappa shape index (κ3) is 2.49. The number of halogens is 1. The first-order valence-corrected chi connectivity index (χ1v) is 6.30. The number of para-hydroxylation sites is 2. The molecule has 0 spiro atoms. The number of rotatable bonds is 2. The molecule has 0 saturated heterocycles. The molecule has 3 heteroatoms. The lowest BCUT2D eigenvalue weighted by molar-refractivity contribution is 0.903. The number of hydrogen-bond donors (Lipinski definition) is 1. The number of benzene rings is 2. The molecule has 0 unspecified atom stereocenters. The van der Waals surface area contributed by atoms with Crippen molar-refractivity contribution < 1.29 is 0 Å². The standard InChI is InChI=1S/C16H16N2.ClH/c1-11(2)17-16-12-7-3-5-9-14(12)18-15-10-6-4-8-13(15)16;/h3-11H,1-2H3,(H,17,18);1H. The lowest BCUT2D eigenvalue weighted by Crippen LogP contribution is -2.10. The lowest BCUT2D eigenvalue weighted by atomic mass is 10.1. The molecule has 98 valence electrons. The fourth-order valence-electron chi connectivity index (χ4n) is 2.28. The highest BCUT2D eigenvalue weighted by atomic mass is 35.5. The van der Waals surface area contributed by atoms with E-state index in [1.807, 2.05) is 12.1 Å². The number of hydrogen-bond acceptors (Lipinski definition) is 2. The molecule has 1 heterocycles. The van der Waals surface area contributed by atoms with E-state index in [-0.39, 0.29) is 12.4 Å². The quantitative estimate of drug-likeness (QED) is 0.688. The number of anilines is 1. The summed E-state index contributed by atoms with van der Waals surface area (Å²) in [6.07, 6.45) is 0. The molecule has 0 fully saturated rings. The van der Waals surface area contributed by atoms with Crippen molar-refractivity contribution in [2.45, 2.75) is 19.9 Å². The maximum absolute atomic E-state index is 4.71. The summed E-state index contributed by atoms with van der Waals surface area (Å²) in [6.45, 7) is 4.31. The lowest BCUT2D eigenvalue weighted by Gasteiger charge is -2.15. The number of nitrogens with zero attached hydrogens (tertiary/aromatic N) is 1. The van der Waals surface area contributed by atoms with Crippen LogP contribution in [0.25, 0.3) is 21.8 Å². The summed E-state index contributed by atoms with van der Waals surface area (Å²) in [5.74, 6) is 0. The molecule has 0 atom stereocenters. The van der Waals surface area contributed by atoms with E-state index in [1.54, 1.807) is 0 Å². The molecule has 0 aliphatic rings. The second kappa shape index (κ2) is 5.45. The zero-order valence-corrected chi connectivity index (χ0v) is 11.9. The Hall–Kier alpha value is -1.80. The van der Waals surface area contributed by atoms with Crippen molar-refractivity contribution in [1.29, 1.82) is 0 Å². The predicted octanol–water partition coefficient (Wildman–Crippen LogP) is 4.63. The van der Waals surface area contributed by atoms with Crippen LogP contribution in [0.3, 0.4) is 0 Å². The van der Waals surface area contributed by atoms with Crippen molar-refractivity contribution in [2.24, 2.45) is 0 Å². The molecule has 19 heavy (non-hydrogen) atoms. The number of nitrogens with one attached hydrogen (secondary N) is 1. The molecule has 0 amide bonds. The van der Waals surface area contributed by atoms with Gasteiger partial charge in [0.05, 0.1) is 16.7 Å². The SMILES string of the molecule is CC(C)Nc1c2ccccc2nc2ccccc12.Cl. The van der Waals surface area contributed by atoms with Gasteiger partial charge in [0.2, 0.25) is 0 Å². The Morgan fingerprint density at radius 2 is 1.32 bits per heavy atom. The van der Waals surface area contributed by atoms with Crippen LogP contribution >= 0.6 is 12.4 Å². The average Bonchev–Trinajstić information content (AvgIpc) is 2.38. The minimum absolute atomic E-state index is 0. The second-order valence-corrected chi connectivity index (χ2v) is 4.82. The van der Waals surface area contributed by atoms with E-state index >= 15 is 0 Å². The highest BCUT2D eigenvalue weighted by molar-refractivity contribution is 6.07. The first-order chi connectivity index (χ1) is 8.75. The number of pyridine rings is 1. The maximum Gasteiger partial charge on any atom is 0.0730 e. The fourth-order valence-corrected chi connectivity index (χ4v) is 2.28. The number of fused-ring (bicyclic) bond motifs is 2. The zero-order valence-electron chi connectivity index (χ0n) is 11.1. The molecule has 3 aromatic rings. The van der Waals surface area contributed by atoms with Crippen LogP contribution in [0.4, 0.5) is 5.69 Å². The highest BCUT2D eigenvalue weighted by Gasteiger charge is 2.08. The van der Waals surface area contributed by atoms with Gasteiger partial charge in [0.25, 0.3) is 0 Å². The van der Waals surface area contributed by atoms with Gasteiger partial charge < -0.3 is 5.32 Å². The summed E-state index contributed by atoms with van der Waals surface area (Å²) in [6, 6.07) is 17.0. The van der Waals surface area contributed by atoms with Gasteiger partial charge in [-0.05, 0) is 26.0 Å². The van der Waals surface area contributed by atoms with Crippen LogP contribution < -0.4 is 5.32 Å². The van der Waals surface area contributed by atoms with Crippen LogP contribution in [-0.2, 0) is 0 Å². The van der Waals surface area contributed by atoms with Crippen molar-refractivity contribution in [3.63, 3.8) is 0 Å². The van der Waals surface area contributed by atoms with Gasteiger partial charge in [-0.1, -0.05) is 36.4 Å². The Bertz CT molecular complexity index is 653. The Morgan fingerprint density at radius 1 is 0.842 bits per heavy atom. The van der Waals surface area contributed by atoms with Gasteiger partial charge in [-0.25, -0.2) is 4.98 Å². The third-order valence-electron chi connectivity index (χ3n) is 3.02. The van der Waals surface area contributed by atoms with Gasteiger partial charge in [0.1, 0.15) is 0 Å². The van der Waals surface area contributed by atoms with E-state index in [0.717, 1.165) is 11.0 Å². The Labute approximate surface area is 119 Å². The summed E-state index contributed by atoms with van der Waals surface area (Å²) < 4.78 is 0. The zero-order chi connectivity index (χ0) is 12.5. The molecular weight excluding hydrogens is 256 g/mol. The minimum atomic E-state index is 0. The van der Waals surface area contributed by atoms with E-state index in [9.17, 15) is 0 Å². The van der Waals surface area contributed by atoms with Gasteiger partial charge in [-0.2, -0.15) is 0 Å². The molecule has 2 nitrogen and oxygen atoms in total. The predicted molar refractivity (Wildman–Crippen MR) is 85.3 cm³/mol. The smallest absolute Gasteiger partial charge is 0.0730 e. The summed E-state index contributed by atoms with van der Waals surface area (Å²) in [5, 5.41) is 5.92. The van der Waals surface area contributed by atoms with Crippen LogP contribution in [0, 0.1) is 0 Å². The first-order valence-electron chi connectivity index (χ1n) is 6.30. The average molecular weight is 273 g/mol. The van der Waals surface area contributed by atoms with Crippen molar-refractivity contribution in [3.05, 3.63) is 48.5 Å².